The first-order valence-corrected chi connectivity index (χ1v) is 10.8. The van der Waals surface area contributed by atoms with E-state index >= 15 is 0 Å². The zero-order valence-electron chi connectivity index (χ0n) is 18.5. The monoisotopic (exact) mass is 426 g/mol. The Kier molecular flexibility index (Phi) is 5.89. The van der Waals surface area contributed by atoms with Crippen LogP contribution in [0, 0.1) is 5.92 Å². The number of imidazole rings is 1. The van der Waals surface area contributed by atoms with Crippen LogP contribution in [-0.2, 0) is 4.74 Å². The molecule has 8 heteroatoms. The summed E-state index contributed by atoms with van der Waals surface area (Å²) in [4.78, 5) is 24.7. The lowest BCUT2D eigenvalue weighted by molar-refractivity contribution is 0.0494. The molecule has 4 rings (SSSR count). The SMILES string of the molecule is COc1cc2[nH]c(C(CC3CCCC3)NC(=O)OC(C)(C)C)nc2cc1-c1cnco1. The lowest BCUT2D eigenvalue weighted by Crippen LogP contribution is -2.36. The number of H-pyrrole nitrogens is 1. The van der Waals surface area contributed by atoms with E-state index in [1.165, 1.54) is 32.1 Å². The summed E-state index contributed by atoms with van der Waals surface area (Å²) in [7, 11) is 1.62. The number of ether oxygens (including phenoxy) is 2. The average Bonchev–Trinajstić information content (AvgIpc) is 3.45. The molecule has 2 N–H and O–H groups in total. The number of aromatic nitrogens is 3. The Balaban J connectivity index is 1.66. The summed E-state index contributed by atoms with van der Waals surface area (Å²) in [6, 6.07) is 3.54. The minimum Gasteiger partial charge on any atom is -0.496 e. The minimum absolute atomic E-state index is 0.259. The van der Waals surface area contributed by atoms with Crippen molar-refractivity contribution in [3.8, 4) is 17.1 Å². The van der Waals surface area contributed by atoms with Crippen molar-refractivity contribution in [2.75, 3.05) is 7.11 Å². The molecule has 0 spiro atoms. The molecule has 2 aromatic heterocycles. The fourth-order valence-corrected chi connectivity index (χ4v) is 4.20. The summed E-state index contributed by atoms with van der Waals surface area (Å²) in [5, 5.41) is 3.03. The highest BCUT2D eigenvalue weighted by Crippen LogP contribution is 2.36. The van der Waals surface area contributed by atoms with Crippen LogP contribution in [0.5, 0.6) is 5.75 Å². The van der Waals surface area contributed by atoms with Crippen LogP contribution in [0.2, 0.25) is 0 Å². The van der Waals surface area contributed by atoms with Gasteiger partial charge in [-0.3, -0.25) is 0 Å². The molecule has 1 amide bonds. The van der Waals surface area contributed by atoms with Crippen molar-refractivity contribution in [1.82, 2.24) is 20.3 Å². The van der Waals surface area contributed by atoms with E-state index in [4.69, 9.17) is 18.9 Å². The van der Waals surface area contributed by atoms with Crippen molar-refractivity contribution in [2.24, 2.45) is 5.92 Å². The maximum Gasteiger partial charge on any atom is 0.408 e. The summed E-state index contributed by atoms with van der Waals surface area (Å²) < 4.78 is 16.5. The van der Waals surface area contributed by atoms with Crippen LogP contribution in [0.1, 0.15) is 64.7 Å². The largest absolute Gasteiger partial charge is 0.496 e. The number of hydrogen-bond acceptors (Lipinski definition) is 6. The lowest BCUT2D eigenvalue weighted by atomic mass is 9.98. The van der Waals surface area contributed by atoms with Crippen molar-refractivity contribution in [3.63, 3.8) is 0 Å². The Morgan fingerprint density at radius 3 is 2.74 bits per heavy atom. The van der Waals surface area contributed by atoms with Gasteiger partial charge in [-0.1, -0.05) is 25.7 Å². The molecule has 1 saturated carbocycles. The number of carbonyl (C=O) groups excluding carboxylic acids is 1. The number of alkyl carbamates (subject to hydrolysis) is 1. The van der Waals surface area contributed by atoms with Gasteiger partial charge in [0.15, 0.2) is 12.2 Å². The van der Waals surface area contributed by atoms with Gasteiger partial charge in [0.1, 0.15) is 17.2 Å². The molecule has 1 fully saturated rings. The second kappa shape index (κ2) is 8.61. The van der Waals surface area contributed by atoms with Crippen LogP contribution in [-0.4, -0.2) is 33.8 Å². The number of carbonyl (C=O) groups is 1. The van der Waals surface area contributed by atoms with E-state index in [0.717, 1.165) is 23.0 Å². The van der Waals surface area contributed by atoms with E-state index in [9.17, 15) is 4.79 Å². The highest BCUT2D eigenvalue weighted by atomic mass is 16.6. The second-order valence-electron chi connectivity index (χ2n) is 9.14. The van der Waals surface area contributed by atoms with Gasteiger partial charge in [-0.15, -0.1) is 0 Å². The van der Waals surface area contributed by atoms with E-state index in [1.807, 2.05) is 32.9 Å². The van der Waals surface area contributed by atoms with Gasteiger partial charge in [-0.25, -0.2) is 14.8 Å². The van der Waals surface area contributed by atoms with Gasteiger partial charge in [-0.2, -0.15) is 0 Å². The topological polar surface area (TPSA) is 102 Å². The van der Waals surface area contributed by atoms with Crippen LogP contribution in [0.4, 0.5) is 4.79 Å². The molecule has 1 atom stereocenters. The molecule has 1 aliphatic rings. The zero-order chi connectivity index (χ0) is 22.0. The van der Waals surface area contributed by atoms with Gasteiger partial charge >= 0.3 is 6.09 Å². The molecule has 1 aromatic carbocycles. The number of oxazole rings is 1. The Hall–Kier alpha value is -3.03. The summed E-state index contributed by atoms with van der Waals surface area (Å²) >= 11 is 0. The van der Waals surface area contributed by atoms with Crippen LogP contribution in [0.15, 0.2) is 29.1 Å². The first kappa shape index (κ1) is 21.2. The molecule has 31 heavy (non-hydrogen) atoms. The third-order valence-corrected chi connectivity index (χ3v) is 5.58. The number of nitrogens with one attached hydrogen (secondary N) is 2. The van der Waals surface area contributed by atoms with E-state index < -0.39 is 11.7 Å². The van der Waals surface area contributed by atoms with Crippen molar-refractivity contribution >= 4 is 17.1 Å². The fraction of sp³-hybridized carbons (Fsp3) is 0.522. The molecule has 0 aliphatic heterocycles. The van der Waals surface area contributed by atoms with E-state index in [2.05, 4.69) is 15.3 Å². The Bertz CT molecular complexity index is 1030. The average molecular weight is 427 g/mol. The highest BCUT2D eigenvalue weighted by Gasteiger charge is 2.27. The number of hydrogen-bond donors (Lipinski definition) is 2. The lowest BCUT2D eigenvalue weighted by Gasteiger charge is -2.24. The normalized spacial score (nSPS) is 15.9. The number of methoxy groups -OCH3 is 1. The summed E-state index contributed by atoms with van der Waals surface area (Å²) in [6.07, 6.45) is 8.25. The molecule has 2 heterocycles. The van der Waals surface area contributed by atoms with E-state index in [-0.39, 0.29) is 6.04 Å². The molecular formula is C23H30N4O4. The van der Waals surface area contributed by atoms with Crippen molar-refractivity contribution in [1.29, 1.82) is 0 Å². The Morgan fingerprint density at radius 1 is 1.32 bits per heavy atom. The molecule has 0 radical (unpaired) electrons. The molecule has 0 bridgehead atoms. The molecule has 8 nitrogen and oxygen atoms in total. The van der Waals surface area contributed by atoms with Crippen molar-refractivity contribution < 1.29 is 18.7 Å². The van der Waals surface area contributed by atoms with Gasteiger partial charge in [-0.05, 0) is 39.2 Å². The quantitative estimate of drug-likeness (QED) is 0.549. The first-order chi connectivity index (χ1) is 14.8. The third-order valence-electron chi connectivity index (χ3n) is 5.58. The van der Waals surface area contributed by atoms with Gasteiger partial charge < -0.3 is 24.2 Å². The zero-order valence-corrected chi connectivity index (χ0v) is 18.5. The first-order valence-electron chi connectivity index (χ1n) is 10.8. The molecule has 0 saturated heterocycles. The van der Waals surface area contributed by atoms with Crippen molar-refractivity contribution in [2.45, 2.75) is 64.5 Å². The number of benzene rings is 1. The Morgan fingerprint density at radius 2 is 2.10 bits per heavy atom. The number of nitrogens with zero attached hydrogens (tertiary/aromatic N) is 2. The van der Waals surface area contributed by atoms with Crippen LogP contribution >= 0.6 is 0 Å². The summed E-state index contributed by atoms with van der Waals surface area (Å²) in [5.41, 5.74) is 1.81. The van der Waals surface area contributed by atoms with E-state index in [1.54, 1.807) is 13.3 Å². The summed E-state index contributed by atoms with van der Waals surface area (Å²) in [6.45, 7) is 5.57. The van der Waals surface area contributed by atoms with Gasteiger partial charge in [0.2, 0.25) is 0 Å². The Labute approximate surface area is 181 Å². The molecular weight excluding hydrogens is 396 g/mol. The predicted molar refractivity (Wildman–Crippen MR) is 117 cm³/mol. The van der Waals surface area contributed by atoms with Crippen LogP contribution in [0.25, 0.3) is 22.4 Å². The minimum atomic E-state index is -0.560. The molecule has 166 valence electrons. The maximum absolute atomic E-state index is 12.5. The maximum atomic E-state index is 12.5. The number of fused-ring (bicyclic) bond motifs is 1. The molecule has 1 unspecified atom stereocenters. The van der Waals surface area contributed by atoms with Gasteiger partial charge in [0.05, 0.1) is 35.9 Å². The number of amides is 1. The number of rotatable bonds is 6. The molecule has 1 aliphatic carbocycles. The smallest absolute Gasteiger partial charge is 0.408 e. The molecule has 3 aromatic rings. The third kappa shape index (κ3) is 5.00. The standard InChI is InChI=1S/C23H30N4O4/c1-23(2,3)31-22(28)27-18(9-14-7-5-6-8-14)21-25-16-10-15(20-12-24-13-30-20)19(29-4)11-17(16)26-21/h10-14,18H,5-9H2,1-4H3,(H,25,26)(H,27,28). The number of aromatic amines is 1. The van der Waals surface area contributed by atoms with Crippen LogP contribution in [0.3, 0.4) is 0 Å². The van der Waals surface area contributed by atoms with Crippen molar-refractivity contribution in [3.05, 3.63) is 30.5 Å². The van der Waals surface area contributed by atoms with Crippen LogP contribution < -0.4 is 10.1 Å². The summed E-state index contributed by atoms with van der Waals surface area (Å²) in [5.74, 6) is 2.54. The van der Waals surface area contributed by atoms with Gasteiger partial charge in [0.25, 0.3) is 0 Å². The predicted octanol–water partition coefficient (Wildman–Crippen LogP) is 5.37. The second-order valence-corrected chi connectivity index (χ2v) is 9.14. The fourth-order valence-electron chi connectivity index (χ4n) is 4.20. The van der Waals surface area contributed by atoms with E-state index in [0.29, 0.717) is 23.3 Å². The highest BCUT2D eigenvalue weighted by molar-refractivity contribution is 5.85. The van der Waals surface area contributed by atoms with Gasteiger partial charge in [0, 0.05) is 6.07 Å².